The molecule has 3 rings (SSSR count). The second kappa shape index (κ2) is 4.75. The van der Waals surface area contributed by atoms with Crippen LogP contribution in [0.1, 0.15) is 17.4 Å². The van der Waals surface area contributed by atoms with E-state index < -0.39 is 0 Å². The van der Waals surface area contributed by atoms with Gasteiger partial charge in [-0.15, -0.1) is 0 Å². The van der Waals surface area contributed by atoms with Gasteiger partial charge in [-0.25, -0.2) is 9.37 Å². The van der Waals surface area contributed by atoms with Crippen LogP contribution in [0.5, 0.6) is 0 Å². The summed E-state index contributed by atoms with van der Waals surface area (Å²) in [5, 5.41) is 0. The first-order valence-electron chi connectivity index (χ1n) is 5.80. The number of fused-ring (bicyclic) bond motifs is 1. The van der Waals surface area contributed by atoms with Crippen LogP contribution in [0.15, 0.2) is 46.9 Å². The summed E-state index contributed by atoms with van der Waals surface area (Å²) in [6, 6.07) is 12.4. The summed E-state index contributed by atoms with van der Waals surface area (Å²) in [7, 11) is 0. The maximum absolute atomic E-state index is 13.5. The average molecular weight is 320 g/mol. The summed E-state index contributed by atoms with van der Waals surface area (Å²) in [4.78, 5) is 7.48. The maximum Gasteiger partial charge on any atom is 0.139 e. The Hall–Kier alpha value is -1.72. The van der Waals surface area contributed by atoms with Crippen molar-refractivity contribution in [3.8, 4) is 0 Å². The molecule has 0 saturated heterocycles. The SMILES string of the molecule is NC(c1ccccc1)c1nc2cc(Br)c(F)cc2[nH]1. The van der Waals surface area contributed by atoms with Gasteiger partial charge in [0.15, 0.2) is 0 Å². The molecular formula is C14H11BrFN3. The number of nitrogens with zero attached hydrogens (tertiary/aromatic N) is 1. The minimum Gasteiger partial charge on any atom is -0.340 e. The van der Waals surface area contributed by atoms with E-state index in [1.807, 2.05) is 30.3 Å². The minimum absolute atomic E-state index is 0.323. The second-order valence-corrected chi connectivity index (χ2v) is 5.15. The molecule has 3 N–H and O–H groups in total. The predicted octanol–water partition coefficient (Wildman–Crippen LogP) is 3.51. The number of halogens is 2. The van der Waals surface area contributed by atoms with E-state index in [9.17, 15) is 4.39 Å². The number of nitrogens with one attached hydrogen (secondary N) is 1. The smallest absolute Gasteiger partial charge is 0.139 e. The second-order valence-electron chi connectivity index (χ2n) is 4.29. The summed E-state index contributed by atoms with van der Waals surface area (Å²) in [6.07, 6.45) is 0. The van der Waals surface area contributed by atoms with Crippen LogP contribution in [-0.2, 0) is 0 Å². The van der Waals surface area contributed by atoms with E-state index in [1.165, 1.54) is 6.07 Å². The largest absolute Gasteiger partial charge is 0.340 e. The fourth-order valence-electron chi connectivity index (χ4n) is 1.99. The molecule has 2 aromatic carbocycles. The summed E-state index contributed by atoms with van der Waals surface area (Å²) in [5.41, 5.74) is 8.45. The normalized spacial score (nSPS) is 12.8. The van der Waals surface area contributed by atoms with Gasteiger partial charge in [-0.2, -0.15) is 0 Å². The van der Waals surface area contributed by atoms with Crippen molar-refractivity contribution in [2.75, 3.05) is 0 Å². The number of rotatable bonds is 2. The van der Waals surface area contributed by atoms with Crippen LogP contribution in [0.2, 0.25) is 0 Å². The Labute approximate surface area is 117 Å². The van der Waals surface area contributed by atoms with E-state index in [0.717, 1.165) is 5.56 Å². The highest BCUT2D eigenvalue weighted by atomic mass is 79.9. The molecule has 1 aromatic heterocycles. The van der Waals surface area contributed by atoms with Crippen LogP contribution in [0.3, 0.4) is 0 Å². The number of benzene rings is 2. The molecule has 19 heavy (non-hydrogen) atoms. The van der Waals surface area contributed by atoms with E-state index in [-0.39, 0.29) is 11.9 Å². The molecule has 3 aromatic rings. The van der Waals surface area contributed by atoms with Crippen LogP contribution < -0.4 is 5.73 Å². The van der Waals surface area contributed by atoms with E-state index in [2.05, 4.69) is 25.9 Å². The Morgan fingerprint density at radius 1 is 1.21 bits per heavy atom. The molecule has 0 amide bonds. The molecule has 0 aliphatic carbocycles. The molecule has 0 bridgehead atoms. The number of aromatic amines is 1. The van der Waals surface area contributed by atoms with Gasteiger partial charge in [-0.1, -0.05) is 30.3 Å². The van der Waals surface area contributed by atoms with Crippen LogP contribution in [0.25, 0.3) is 11.0 Å². The van der Waals surface area contributed by atoms with E-state index >= 15 is 0 Å². The molecule has 96 valence electrons. The third-order valence-corrected chi connectivity index (χ3v) is 3.60. The molecule has 1 heterocycles. The Bertz CT molecular complexity index is 685. The molecule has 3 nitrogen and oxygen atoms in total. The first-order chi connectivity index (χ1) is 9.15. The lowest BCUT2D eigenvalue weighted by Gasteiger charge is -2.08. The zero-order valence-electron chi connectivity index (χ0n) is 9.90. The summed E-state index contributed by atoms with van der Waals surface area (Å²) in [6.45, 7) is 0. The molecule has 0 spiro atoms. The minimum atomic E-state index is -0.351. The standard InChI is InChI=1S/C14H11BrFN3/c15-9-6-11-12(7-10(9)16)19-14(18-11)13(17)8-4-2-1-3-5-8/h1-7,13H,17H2,(H,18,19). The Morgan fingerprint density at radius 2 is 1.95 bits per heavy atom. The van der Waals surface area contributed by atoms with Crippen molar-refractivity contribution >= 4 is 27.0 Å². The molecule has 0 fully saturated rings. The number of aromatic nitrogens is 2. The monoisotopic (exact) mass is 319 g/mol. The lowest BCUT2D eigenvalue weighted by atomic mass is 10.1. The molecule has 0 radical (unpaired) electrons. The fraction of sp³-hybridized carbons (Fsp3) is 0.0714. The number of imidazole rings is 1. The van der Waals surface area contributed by atoms with Gasteiger partial charge in [0.1, 0.15) is 11.6 Å². The Balaban J connectivity index is 2.06. The molecule has 0 aliphatic rings. The number of nitrogens with two attached hydrogens (primary N) is 1. The number of hydrogen-bond donors (Lipinski definition) is 2. The van der Waals surface area contributed by atoms with Crippen molar-refractivity contribution in [1.82, 2.24) is 9.97 Å². The quantitative estimate of drug-likeness (QED) is 0.759. The Kier molecular flexibility index (Phi) is 3.08. The van der Waals surface area contributed by atoms with Gasteiger partial charge < -0.3 is 10.7 Å². The van der Waals surface area contributed by atoms with Gasteiger partial charge in [0.05, 0.1) is 21.5 Å². The highest BCUT2D eigenvalue weighted by Gasteiger charge is 2.14. The van der Waals surface area contributed by atoms with Crippen molar-refractivity contribution in [2.45, 2.75) is 6.04 Å². The third kappa shape index (κ3) is 2.27. The fourth-order valence-corrected chi connectivity index (χ4v) is 2.32. The summed E-state index contributed by atoms with van der Waals surface area (Å²) in [5.74, 6) is 0.301. The first-order valence-corrected chi connectivity index (χ1v) is 6.59. The first kappa shape index (κ1) is 12.3. The number of H-pyrrole nitrogens is 1. The van der Waals surface area contributed by atoms with E-state index in [0.29, 0.717) is 21.3 Å². The van der Waals surface area contributed by atoms with Crippen molar-refractivity contribution in [3.05, 3.63) is 64.1 Å². The molecule has 0 saturated carbocycles. The van der Waals surface area contributed by atoms with Crippen molar-refractivity contribution in [2.24, 2.45) is 5.73 Å². The Morgan fingerprint density at radius 3 is 2.68 bits per heavy atom. The summed E-state index contributed by atoms with van der Waals surface area (Å²) >= 11 is 3.15. The number of hydrogen-bond acceptors (Lipinski definition) is 2. The van der Waals surface area contributed by atoms with Crippen LogP contribution >= 0.6 is 15.9 Å². The van der Waals surface area contributed by atoms with Crippen molar-refractivity contribution < 1.29 is 4.39 Å². The maximum atomic E-state index is 13.5. The van der Waals surface area contributed by atoms with Crippen LogP contribution in [-0.4, -0.2) is 9.97 Å². The predicted molar refractivity (Wildman–Crippen MR) is 76.2 cm³/mol. The van der Waals surface area contributed by atoms with Crippen molar-refractivity contribution in [3.63, 3.8) is 0 Å². The van der Waals surface area contributed by atoms with Gasteiger partial charge in [-0.3, -0.25) is 0 Å². The molecule has 1 atom stereocenters. The van der Waals surface area contributed by atoms with Crippen LogP contribution in [0.4, 0.5) is 4.39 Å². The average Bonchev–Trinajstić information content (AvgIpc) is 2.82. The molecule has 5 heteroatoms. The lowest BCUT2D eigenvalue weighted by Crippen LogP contribution is -2.13. The van der Waals surface area contributed by atoms with Gasteiger partial charge >= 0.3 is 0 Å². The van der Waals surface area contributed by atoms with E-state index in [4.69, 9.17) is 5.73 Å². The van der Waals surface area contributed by atoms with Crippen molar-refractivity contribution in [1.29, 1.82) is 0 Å². The zero-order chi connectivity index (χ0) is 13.4. The summed E-state index contributed by atoms with van der Waals surface area (Å²) < 4.78 is 13.9. The zero-order valence-corrected chi connectivity index (χ0v) is 11.5. The topological polar surface area (TPSA) is 54.7 Å². The van der Waals surface area contributed by atoms with E-state index in [1.54, 1.807) is 6.07 Å². The van der Waals surface area contributed by atoms with Gasteiger partial charge in [0.25, 0.3) is 0 Å². The van der Waals surface area contributed by atoms with Crippen LogP contribution in [0, 0.1) is 5.82 Å². The van der Waals surface area contributed by atoms with Gasteiger partial charge in [0, 0.05) is 6.07 Å². The molecular weight excluding hydrogens is 309 g/mol. The highest BCUT2D eigenvalue weighted by molar-refractivity contribution is 9.10. The van der Waals surface area contributed by atoms with Gasteiger partial charge in [-0.05, 0) is 27.6 Å². The highest BCUT2D eigenvalue weighted by Crippen LogP contribution is 2.24. The van der Waals surface area contributed by atoms with Gasteiger partial charge in [0.2, 0.25) is 0 Å². The molecule has 1 unspecified atom stereocenters. The molecule has 0 aliphatic heterocycles. The lowest BCUT2D eigenvalue weighted by molar-refractivity contribution is 0.623. The third-order valence-electron chi connectivity index (χ3n) is 3.00.